The molecule has 7 heteroatoms. The number of nitrogens with one attached hydrogen (secondary N) is 1. The molecule has 0 unspecified atom stereocenters. The smallest absolute Gasteiger partial charge is 0.291 e. The Bertz CT molecular complexity index is 822. The summed E-state index contributed by atoms with van der Waals surface area (Å²) in [6.45, 7) is 1.41. The number of hydrogen-bond donors (Lipinski definition) is 1. The van der Waals surface area contributed by atoms with E-state index in [1.165, 1.54) is 0 Å². The van der Waals surface area contributed by atoms with Gasteiger partial charge < -0.3 is 14.6 Å². The lowest BCUT2D eigenvalue weighted by Gasteiger charge is -2.27. The average molecular weight is 482 g/mol. The van der Waals surface area contributed by atoms with E-state index in [-0.39, 0.29) is 17.4 Å². The highest BCUT2D eigenvalue weighted by Crippen LogP contribution is 2.18. The van der Waals surface area contributed by atoms with Crippen molar-refractivity contribution in [3.63, 3.8) is 0 Å². The molecule has 2 aromatic rings. The van der Waals surface area contributed by atoms with Gasteiger partial charge in [-0.2, -0.15) is 0 Å². The third-order valence-electron chi connectivity index (χ3n) is 4.10. The van der Waals surface area contributed by atoms with Crippen molar-refractivity contribution in [1.82, 2.24) is 10.2 Å². The molecule has 5 nitrogen and oxygen atoms in total. The molecule has 0 bridgehead atoms. The number of carbonyl (C=O) groups is 2. The van der Waals surface area contributed by atoms with Gasteiger partial charge in [-0.05, 0) is 71.1 Å². The molecule has 26 heavy (non-hydrogen) atoms. The summed E-state index contributed by atoms with van der Waals surface area (Å²) < 4.78 is 6.69. The maximum atomic E-state index is 12.9. The van der Waals surface area contributed by atoms with E-state index < -0.39 is 5.91 Å². The van der Waals surface area contributed by atoms with E-state index in [4.69, 9.17) is 4.42 Å². The maximum absolute atomic E-state index is 12.9. The maximum Gasteiger partial charge on any atom is 0.291 e. The van der Waals surface area contributed by atoms with Crippen molar-refractivity contribution in [3.8, 4) is 0 Å². The molecule has 1 N–H and O–H groups in total. The van der Waals surface area contributed by atoms with Gasteiger partial charge in [-0.3, -0.25) is 9.59 Å². The van der Waals surface area contributed by atoms with E-state index in [1.807, 2.05) is 24.3 Å². The lowest BCUT2D eigenvalue weighted by molar-refractivity contribution is -0.128. The van der Waals surface area contributed by atoms with Crippen LogP contribution in [0.15, 0.2) is 55.7 Å². The average Bonchev–Trinajstić information content (AvgIpc) is 3.09. The molecule has 0 atom stereocenters. The summed E-state index contributed by atoms with van der Waals surface area (Å²) in [5.74, 6) is -0.485. The highest BCUT2D eigenvalue weighted by molar-refractivity contribution is 9.10. The second kappa shape index (κ2) is 8.68. The Kier molecular flexibility index (Phi) is 6.32. The van der Waals surface area contributed by atoms with Crippen LogP contribution < -0.4 is 5.32 Å². The van der Waals surface area contributed by atoms with Gasteiger partial charge in [-0.15, -0.1) is 0 Å². The Morgan fingerprint density at radius 1 is 1.00 bits per heavy atom. The largest absolute Gasteiger partial charge is 0.444 e. The zero-order chi connectivity index (χ0) is 18.5. The Labute approximate surface area is 168 Å². The lowest BCUT2D eigenvalue weighted by atomic mass is 10.1. The predicted octanol–water partition coefficient (Wildman–Crippen LogP) is 4.59. The molecule has 1 aliphatic rings. The van der Waals surface area contributed by atoms with Crippen molar-refractivity contribution in [1.29, 1.82) is 0 Å². The fraction of sp³-hybridized carbons (Fsp3) is 0.263. The second-order valence-corrected chi connectivity index (χ2v) is 7.72. The van der Waals surface area contributed by atoms with Crippen molar-refractivity contribution < 1.29 is 14.0 Å². The van der Waals surface area contributed by atoms with Gasteiger partial charge in [0.2, 0.25) is 0 Å². The van der Waals surface area contributed by atoms with E-state index in [2.05, 4.69) is 37.2 Å². The van der Waals surface area contributed by atoms with Crippen LogP contribution >= 0.6 is 31.9 Å². The van der Waals surface area contributed by atoms with Crippen LogP contribution in [-0.4, -0.2) is 29.8 Å². The molecule has 2 amide bonds. The highest BCUT2D eigenvalue weighted by Gasteiger charge is 2.23. The number of amides is 2. The third kappa shape index (κ3) is 4.86. The summed E-state index contributed by atoms with van der Waals surface area (Å²) in [4.78, 5) is 27.2. The first-order valence-corrected chi connectivity index (χ1v) is 9.95. The van der Waals surface area contributed by atoms with Gasteiger partial charge in [0, 0.05) is 17.6 Å². The minimum absolute atomic E-state index is 0.144. The molecule has 1 aromatic heterocycles. The molecule has 1 saturated heterocycles. The first-order valence-electron chi connectivity index (χ1n) is 8.36. The lowest BCUT2D eigenvalue weighted by Crippen LogP contribution is -2.41. The topological polar surface area (TPSA) is 62.6 Å². The van der Waals surface area contributed by atoms with Crippen molar-refractivity contribution in [3.05, 3.63) is 62.6 Å². The van der Waals surface area contributed by atoms with E-state index in [0.717, 1.165) is 29.3 Å². The molecule has 0 spiro atoms. The van der Waals surface area contributed by atoms with Crippen molar-refractivity contribution in [2.24, 2.45) is 0 Å². The summed E-state index contributed by atoms with van der Waals surface area (Å²) in [6, 6.07) is 10.7. The van der Waals surface area contributed by atoms with Crippen LogP contribution in [0.1, 0.15) is 35.4 Å². The molecule has 1 fully saturated rings. The van der Waals surface area contributed by atoms with Crippen LogP contribution in [0.4, 0.5) is 0 Å². The van der Waals surface area contributed by atoms with E-state index in [0.29, 0.717) is 17.8 Å². The van der Waals surface area contributed by atoms with Crippen molar-refractivity contribution in [2.75, 3.05) is 13.1 Å². The van der Waals surface area contributed by atoms with Crippen molar-refractivity contribution in [2.45, 2.75) is 19.3 Å². The summed E-state index contributed by atoms with van der Waals surface area (Å²) >= 11 is 6.57. The molecule has 1 aromatic carbocycles. The molecule has 1 aliphatic heterocycles. The van der Waals surface area contributed by atoms with Crippen LogP contribution in [0.5, 0.6) is 0 Å². The van der Waals surface area contributed by atoms with E-state index in [1.54, 1.807) is 23.1 Å². The second-order valence-electron chi connectivity index (χ2n) is 6.02. The van der Waals surface area contributed by atoms with Crippen LogP contribution in [-0.2, 0) is 4.79 Å². The van der Waals surface area contributed by atoms with Crippen molar-refractivity contribution >= 4 is 49.8 Å². The molecule has 0 aliphatic carbocycles. The number of furan rings is 1. The summed E-state index contributed by atoms with van der Waals surface area (Å²) in [5, 5.41) is 2.71. The van der Waals surface area contributed by atoms with Gasteiger partial charge >= 0.3 is 0 Å². The number of benzene rings is 1. The van der Waals surface area contributed by atoms with Gasteiger partial charge in [0.15, 0.2) is 10.4 Å². The Morgan fingerprint density at radius 3 is 2.31 bits per heavy atom. The van der Waals surface area contributed by atoms with Crippen LogP contribution in [0.25, 0.3) is 6.08 Å². The SMILES string of the molecule is O=C(N/C(=C\c1ccc(Br)cc1)C(=O)N1CCCCC1)c1ccc(Br)o1. The fourth-order valence-electron chi connectivity index (χ4n) is 2.76. The van der Waals surface area contributed by atoms with E-state index in [9.17, 15) is 9.59 Å². The monoisotopic (exact) mass is 480 g/mol. The van der Waals surface area contributed by atoms with Gasteiger partial charge in [0.05, 0.1) is 0 Å². The summed E-state index contributed by atoms with van der Waals surface area (Å²) in [6.07, 6.45) is 4.79. The van der Waals surface area contributed by atoms with Gasteiger partial charge in [0.25, 0.3) is 11.8 Å². The minimum Gasteiger partial charge on any atom is -0.444 e. The van der Waals surface area contributed by atoms with Gasteiger partial charge in [-0.1, -0.05) is 28.1 Å². The molecule has 2 heterocycles. The van der Waals surface area contributed by atoms with Crippen LogP contribution in [0, 0.1) is 0 Å². The fourth-order valence-corrected chi connectivity index (χ4v) is 3.34. The Morgan fingerprint density at radius 2 is 1.69 bits per heavy atom. The first kappa shape index (κ1) is 18.9. The number of piperidine rings is 1. The summed E-state index contributed by atoms with van der Waals surface area (Å²) in [5.41, 5.74) is 1.07. The first-order chi connectivity index (χ1) is 12.5. The quantitative estimate of drug-likeness (QED) is 0.649. The zero-order valence-electron chi connectivity index (χ0n) is 14.0. The normalized spacial score (nSPS) is 15.0. The number of likely N-dealkylation sites (tertiary alicyclic amines) is 1. The third-order valence-corrected chi connectivity index (χ3v) is 5.05. The Hall–Kier alpha value is -1.86. The predicted molar refractivity (Wildman–Crippen MR) is 106 cm³/mol. The number of rotatable bonds is 4. The minimum atomic E-state index is -0.454. The molecular formula is C19H18Br2N2O3. The van der Waals surface area contributed by atoms with Crippen LogP contribution in [0.2, 0.25) is 0 Å². The number of halogens is 2. The van der Waals surface area contributed by atoms with E-state index >= 15 is 0 Å². The number of carbonyl (C=O) groups excluding carboxylic acids is 2. The number of hydrogen-bond acceptors (Lipinski definition) is 3. The molecular weight excluding hydrogens is 464 g/mol. The Balaban J connectivity index is 1.86. The molecule has 3 rings (SSSR count). The summed E-state index contributed by atoms with van der Waals surface area (Å²) in [7, 11) is 0. The molecule has 0 radical (unpaired) electrons. The highest BCUT2D eigenvalue weighted by atomic mass is 79.9. The molecule has 136 valence electrons. The molecule has 0 saturated carbocycles. The standard InChI is InChI=1S/C19H18Br2N2O3/c20-14-6-4-13(5-7-14)12-15(19(25)23-10-2-1-3-11-23)22-18(24)16-8-9-17(21)26-16/h4-9,12H,1-3,10-11H2,(H,22,24)/b15-12-. The number of nitrogens with zero attached hydrogens (tertiary/aromatic N) is 1. The zero-order valence-corrected chi connectivity index (χ0v) is 17.2. The van der Waals surface area contributed by atoms with Gasteiger partial charge in [-0.25, -0.2) is 0 Å². The van der Waals surface area contributed by atoms with Gasteiger partial charge in [0.1, 0.15) is 5.70 Å². The van der Waals surface area contributed by atoms with Crippen LogP contribution in [0.3, 0.4) is 0 Å².